The Labute approximate surface area is 175 Å². The molecule has 28 heavy (non-hydrogen) atoms. The molecule has 6 nitrogen and oxygen atoms in total. The van der Waals surface area contributed by atoms with Crippen molar-refractivity contribution in [3.05, 3.63) is 58.1 Å². The number of nitrogens with one attached hydrogen (secondary N) is 1. The highest BCUT2D eigenvalue weighted by Gasteiger charge is 2.15. The predicted octanol–water partition coefficient (Wildman–Crippen LogP) is 3.53. The van der Waals surface area contributed by atoms with E-state index in [-0.39, 0.29) is 24.9 Å². The second-order valence-electron chi connectivity index (χ2n) is 6.45. The van der Waals surface area contributed by atoms with Crippen LogP contribution < -0.4 is 10.1 Å². The van der Waals surface area contributed by atoms with Gasteiger partial charge in [-0.15, -0.1) is 0 Å². The lowest BCUT2D eigenvalue weighted by molar-refractivity contribution is -0.131. The number of ether oxygens (including phenoxy) is 1. The summed E-state index contributed by atoms with van der Waals surface area (Å²) in [5.74, 6) is 0.442. The smallest absolute Gasteiger partial charge is 0.238 e. The van der Waals surface area contributed by atoms with Crippen molar-refractivity contribution in [3.8, 4) is 5.75 Å². The number of anilines is 1. The molecule has 2 aromatic carbocycles. The van der Waals surface area contributed by atoms with Crippen molar-refractivity contribution in [3.63, 3.8) is 0 Å². The number of carbonyl (C=O) groups excluding carboxylic acids is 2. The van der Waals surface area contributed by atoms with Crippen LogP contribution in [0.2, 0.25) is 10.0 Å². The van der Waals surface area contributed by atoms with E-state index in [0.717, 1.165) is 11.3 Å². The summed E-state index contributed by atoms with van der Waals surface area (Å²) in [7, 11) is 5.06. The third-order valence-electron chi connectivity index (χ3n) is 4.03. The Bertz CT molecular complexity index is 828. The molecule has 0 radical (unpaired) electrons. The van der Waals surface area contributed by atoms with Crippen LogP contribution in [-0.2, 0) is 16.1 Å². The van der Waals surface area contributed by atoms with E-state index < -0.39 is 0 Å². The van der Waals surface area contributed by atoms with Gasteiger partial charge in [-0.3, -0.25) is 14.5 Å². The van der Waals surface area contributed by atoms with Crippen molar-refractivity contribution in [2.24, 2.45) is 0 Å². The summed E-state index contributed by atoms with van der Waals surface area (Å²) in [5.41, 5.74) is 1.55. The van der Waals surface area contributed by atoms with Crippen molar-refractivity contribution >= 4 is 40.7 Å². The first-order chi connectivity index (χ1) is 13.3. The van der Waals surface area contributed by atoms with Crippen LogP contribution in [0.4, 0.5) is 5.69 Å². The largest absolute Gasteiger partial charge is 0.497 e. The first-order valence-electron chi connectivity index (χ1n) is 8.59. The van der Waals surface area contributed by atoms with Gasteiger partial charge in [0.15, 0.2) is 0 Å². The molecule has 0 aliphatic heterocycles. The minimum Gasteiger partial charge on any atom is -0.497 e. The summed E-state index contributed by atoms with van der Waals surface area (Å²) in [6, 6.07) is 12.4. The van der Waals surface area contributed by atoms with E-state index in [9.17, 15) is 9.59 Å². The van der Waals surface area contributed by atoms with Gasteiger partial charge in [-0.05, 0) is 42.9 Å². The second kappa shape index (κ2) is 10.3. The first-order valence-corrected chi connectivity index (χ1v) is 9.34. The molecule has 2 amide bonds. The quantitative estimate of drug-likeness (QED) is 0.705. The summed E-state index contributed by atoms with van der Waals surface area (Å²) in [5, 5.41) is 3.52. The lowest BCUT2D eigenvalue weighted by atomic mass is 10.2. The minimum atomic E-state index is -0.244. The van der Waals surface area contributed by atoms with Crippen LogP contribution in [0.5, 0.6) is 5.75 Å². The summed E-state index contributed by atoms with van der Waals surface area (Å²) in [6.07, 6.45) is 0. The van der Waals surface area contributed by atoms with Crippen LogP contribution in [0, 0.1) is 0 Å². The molecule has 1 N–H and O–H groups in total. The molecule has 0 aliphatic carbocycles. The third-order valence-corrected chi connectivity index (χ3v) is 4.77. The molecule has 0 spiro atoms. The molecule has 0 unspecified atom stereocenters. The Morgan fingerprint density at radius 1 is 1.00 bits per heavy atom. The molecule has 2 rings (SSSR count). The fraction of sp³-hybridized carbons (Fsp3) is 0.300. The Kier molecular flexibility index (Phi) is 8.11. The van der Waals surface area contributed by atoms with E-state index in [1.807, 2.05) is 24.3 Å². The maximum Gasteiger partial charge on any atom is 0.238 e. The third kappa shape index (κ3) is 6.71. The predicted molar refractivity (Wildman–Crippen MR) is 112 cm³/mol. The summed E-state index contributed by atoms with van der Waals surface area (Å²) in [4.78, 5) is 27.8. The number of amides is 2. The van der Waals surface area contributed by atoms with Crippen LogP contribution in [0.25, 0.3) is 0 Å². The number of likely N-dealkylation sites (N-methyl/N-ethyl adjacent to an activating group) is 2. The maximum absolute atomic E-state index is 12.4. The Balaban J connectivity index is 1.81. The highest BCUT2D eigenvalue weighted by atomic mass is 35.5. The average Bonchev–Trinajstić information content (AvgIpc) is 2.65. The zero-order valence-corrected chi connectivity index (χ0v) is 17.5. The van der Waals surface area contributed by atoms with Crippen molar-refractivity contribution < 1.29 is 14.3 Å². The topological polar surface area (TPSA) is 61.9 Å². The Hall–Kier alpha value is -2.28. The highest BCUT2D eigenvalue weighted by Crippen LogP contribution is 2.24. The standard InChI is InChI=1S/C20H23Cl2N3O3/c1-24(12-19(26)23-15-6-9-17(21)18(22)10-15)13-20(27)25(2)11-14-4-7-16(28-3)8-5-14/h4-10H,11-13H2,1-3H3,(H,23,26). The van der Waals surface area contributed by atoms with Gasteiger partial charge < -0.3 is 15.0 Å². The number of nitrogens with zero attached hydrogens (tertiary/aromatic N) is 2. The molecule has 2 aromatic rings. The molecule has 0 heterocycles. The van der Waals surface area contributed by atoms with Crippen LogP contribution in [0.1, 0.15) is 5.56 Å². The lowest BCUT2D eigenvalue weighted by Crippen LogP contribution is -2.39. The number of methoxy groups -OCH3 is 1. The van der Waals surface area contributed by atoms with Crippen LogP contribution in [-0.4, -0.2) is 55.9 Å². The second-order valence-corrected chi connectivity index (χ2v) is 7.26. The van der Waals surface area contributed by atoms with E-state index in [0.29, 0.717) is 22.3 Å². The van der Waals surface area contributed by atoms with Crippen LogP contribution in [0.3, 0.4) is 0 Å². The number of hydrogen-bond donors (Lipinski definition) is 1. The molecule has 0 aliphatic rings. The van der Waals surface area contributed by atoms with E-state index >= 15 is 0 Å². The van der Waals surface area contributed by atoms with E-state index in [2.05, 4.69) is 5.32 Å². The van der Waals surface area contributed by atoms with Gasteiger partial charge in [0, 0.05) is 19.3 Å². The monoisotopic (exact) mass is 423 g/mol. The van der Waals surface area contributed by atoms with Gasteiger partial charge in [0.25, 0.3) is 0 Å². The summed E-state index contributed by atoms with van der Waals surface area (Å²) in [6.45, 7) is 0.677. The fourth-order valence-corrected chi connectivity index (χ4v) is 2.82. The highest BCUT2D eigenvalue weighted by molar-refractivity contribution is 6.42. The molecule has 0 saturated heterocycles. The fourth-order valence-electron chi connectivity index (χ4n) is 2.52. The normalized spacial score (nSPS) is 10.6. The zero-order chi connectivity index (χ0) is 20.7. The molecule has 0 bridgehead atoms. The maximum atomic E-state index is 12.4. The Morgan fingerprint density at radius 3 is 2.29 bits per heavy atom. The van der Waals surface area contributed by atoms with Gasteiger partial charge in [-0.25, -0.2) is 0 Å². The number of hydrogen-bond acceptors (Lipinski definition) is 4. The number of benzene rings is 2. The van der Waals surface area contributed by atoms with Crippen LogP contribution >= 0.6 is 23.2 Å². The molecule has 0 fully saturated rings. The van der Waals surface area contributed by atoms with Crippen LogP contribution in [0.15, 0.2) is 42.5 Å². The minimum absolute atomic E-state index is 0.0718. The van der Waals surface area contributed by atoms with Gasteiger partial charge >= 0.3 is 0 Å². The molecular weight excluding hydrogens is 401 g/mol. The molecular formula is C20H23Cl2N3O3. The van der Waals surface area contributed by atoms with Gasteiger partial charge in [-0.1, -0.05) is 35.3 Å². The molecule has 0 saturated carbocycles. The van der Waals surface area contributed by atoms with E-state index in [1.54, 1.807) is 49.2 Å². The first kappa shape index (κ1) is 22.0. The Morgan fingerprint density at radius 2 is 1.68 bits per heavy atom. The van der Waals surface area contributed by atoms with Crippen molar-refractivity contribution in [2.75, 3.05) is 39.6 Å². The number of carbonyl (C=O) groups is 2. The zero-order valence-electron chi connectivity index (χ0n) is 16.0. The van der Waals surface area contributed by atoms with Crippen molar-refractivity contribution in [2.45, 2.75) is 6.54 Å². The van der Waals surface area contributed by atoms with Crippen molar-refractivity contribution in [1.82, 2.24) is 9.80 Å². The molecule has 0 atom stereocenters. The van der Waals surface area contributed by atoms with Gasteiger partial charge in [0.05, 0.1) is 30.2 Å². The summed E-state index contributed by atoms with van der Waals surface area (Å²) >= 11 is 11.8. The molecule has 8 heteroatoms. The molecule has 0 aromatic heterocycles. The number of halogens is 2. The average molecular weight is 424 g/mol. The van der Waals surface area contributed by atoms with Gasteiger partial charge in [0.2, 0.25) is 11.8 Å². The van der Waals surface area contributed by atoms with Crippen molar-refractivity contribution in [1.29, 1.82) is 0 Å². The summed E-state index contributed by atoms with van der Waals surface area (Å²) < 4.78 is 5.13. The number of rotatable bonds is 8. The SMILES string of the molecule is COc1ccc(CN(C)C(=O)CN(C)CC(=O)Nc2ccc(Cl)c(Cl)c2)cc1. The van der Waals surface area contributed by atoms with E-state index in [4.69, 9.17) is 27.9 Å². The lowest BCUT2D eigenvalue weighted by Gasteiger charge is -2.22. The van der Waals surface area contributed by atoms with E-state index in [1.165, 1.54) is 0 Å². The van der Waals surface area contributed by atoms with Gasteiger partial charge in [-0.2, -0.15) is 0 Å². The molecule has 150 valence electrons. The van der Waals surface area contributed by atoms with Gasteiger partial charge in [0.1, 0.15) is 5.75 Å².